The molecule has 1 aliphatic rings. The molecule has 0 radical (unpaired) electrons. The minimum atomic E-state index is -0.333. The normalized spacial score (nSPS) is 22.3. The molecule has 104 valence electrons. The molecule has 19 heavy (non-hydrogen) atoms. The first-order valence-corrected chi connectivity index (χ1v) is 6.55. The molecule has 4 heteroatoms. The number of hydrogen-bond acceptors (Lipinski definition) is 3. The number of amides is 1. The van der Waals surface area contributed by atoms with Gasteiger partial charge in [-0.15, -0.1) is 0 Å². The fourth-order valence-electron chi connectivity index (χ4n) is 2.53. The molecule has 0 spiro atoms. The van der Waals surface area contributed by atoms with Crippen LogP contribution in [0, 0.1) is 6.92 Å². The summed E-state index contributed by atoms with van der Waals surface area (Å²) in [6.07, 6.45) is 0.0201. The molecule has 1 unspecified atom stereocenters. The van der Waals surface area contributed by atoms with Crippen molar-refractivity contribution in [3.8, 4) is 5.75 Å². The molecular formula is C15H21NO3. The zero-order valence-electron chi connectivity index (χ0n) is 11.9. The van der Waals surface area contributed by atoms with Gasteiger partial charge in [0, 0.05) is 18.7 Å². The average Bonchev–Trinajstić information content (AvgIpc) is 2.29. The monoisotopic (exact) mass is 263 g/mol. The van der Waals surface area contributed by atoms with Crippen molar-refractivity contribution in [2.24, 2.45) is 0 Å². The molecule has 1 aromatic carbocycles. The number of phenolic OH excluding ortho intramolecular Hbond substituents is 1. The van der Waals surface area contributed by atoms with E-state index < -0.39 is 0 Å². The Hall–Kier alpha value is -1.55. The summed E-state index contributed by atoms with van der Waals surface area (Å²) in [6.45, 7) is 8.88. The Morgan fingerprint density at radius 3 is 2.74 bits per heavy atom. The van der Waals surface area contributed by atoms with Gasteiger partial charge >= 0.3 is 0 Å². The summed E-state index contributed by atoms with van der Waals surface area (Å²) < 4.78 is 5.79. The Bertz CT molecular complexity index is 496. The Morgan fingerprint density at radius 1 is 1.47 bits per heavy atom. The number of hydrogen-bond donors (Lipinski definition) is 1. The number of aromatic hydroxyl groups is 1. The van der Waals surface area contributed by atoms with Crippen LogP contribution in [0.15, 0.2) is 18.2 Å². The van der Waals surface area contributed by atoms with E-state index in [0.717, 1.165) is 5.56 Å². The van der Waals surface area contributed by atoms with Gasteiger partial charge in [0.15, 0.2) is 0 Å². The van der Waals surface area contributed by atoms with Gasteiger partial charge in [0.1, 0.15) is 5.75 Å². The van der Waals surface area contributed by atoms with Gasteiger partial charge in [-0.3, -0.25) is 4.79 Å². The van der Waals surface area contributed by atoms with Gasteiger partial charge in [-0.05, 0) is 45.4 Å². The van der Waals surface area contributed by atoms with Crippen LogP contribution in [0.4, 0.5) is 0 Å². The minimum Gasteiger partial charge on any atom is -0.508 e. The zero-order chi connectivity index (χ0) is 14.2. The molecule has 1 amide bonds. The lowest BCUT2D eigenvalue weighted by atomic mass is 10.0. The van der Waals surface area contributed by atoms with Crippen LogP contribution >= 0.6 is 0 Å². The van der Waals surface area contributed by atoms with Crippen LogP contribution in [0.25, 0.3) is 0 Å². The number of carbonyl (C=O) groups is 1. The van der Waals surface area contributed by atoms with Gasteiger partial charge in [0.25, 0.3) is 5.91 Å². The topological polar surface area (TPSA) is 49.8 Å². The maximum Gasteiger partial charge on any atom is 0.254 e. The highest BCUT2D eigenvalue weighted by molar-refractivity contribution is 5.94. The highest BCUT2D eigenvalue weighted by Crippen LogP contribution is 2.24. The van der Waals surface area contributed by atoms with E-state index in [1.165, 1.54) is 6.07 Å². The summed E-state index contributed by atoms with van der Waals surface area (Å²) in [5.74, 6) is 0.102. The van der Waals surface area contributed by atoms with Gasteiger partial charge in [0.05, 0.1) is 11.7 Å². The second-order valence-electron chi connectivity index (χ2n) is 5.88. The van der Waals surface area contributed by atoms with Crippen molar-refractivity contribution >= 4 is 5.91 Å². The van der Waals surface area contributed by atoms with Crippen molar-refractivity contribution < 1.29 is 14.6 Å². The molecule has 1 N–H and O–H groups in total. The molecular weight excluding hydrogens is 242 g/mol. The molecule has 1 saturated heterocycles. The highest BCUT2D eigenvalue weighted by Gasteiger charge is 2.34. The Kier molecular flexibility index (Phi) is 3.54. The molecule has 1 aromatic rings. The summed E-state index contributed by atoms with van der Waals surface area (Å²) in [5.41, 5.74) is 0.959. The van der Waals surface area contributed by atoms with Crippen LogP contribution in [0.1, 0.15) is 36.7 Å². The largest absolute Gasteiger partial charge is 0.508 e. The average molecular weight is 263 g/mol. The summed E-state index contributed by atoms with van der Waals surface area (Å²) in [4.78, 5) is 14.2. The molecule has 2 rings (SSSR count). The molecule has 0 aromatic heterocycles. The number of aryl methyl sites for hydroxylation is 1. The molecule has 1 heterocycles. The zero-order valence-corrected chi connectivity index (χ0v) is 11.9. The van der Waals surface area contributed by atoms with E-state index in [9.17, 15) is 9.90 Å². The number of rotatable bonds is 1. The first-order chi connectivity index (χ1) is 8.78. The predicted octanol–water partition coefficient (Wildman–Crippen LogP) is 2.34. The van der Waals surface area contributed by atoms with Crippen LogP contribution in [-0.2, 0) is 4.74 Å². The Morgan fingerprint density at radius 2 is 2.16 bits per heavy atom. The van der Waals surface area contributed by atoms with Crippen molar-refractivity contribution in [2.75, 3.05) is 13.1 Å². The van der Waals surface area contributed by atoms with Crippen LogP contribution in [-0.4, -0.2) is 40.7 Å². The number of morpholine rings is 1. The number of carbonyl (C=O) groups excluding carboxylic acids is 1. The first-order valence-electron chi connectivity index (χ1n) is 6.55. The van der Waals surface area contributed by atoms with Gasteiger partial charge in [-0.1, -0.05) is 6.07 Å². The van der Waals surface area contributed by atoms with Gasteiger partial charge in [-0.25, -0.2) is 0 Å². The summed E-state index contributed by atoms with van der Waals surface area (Å²) in [6, 6.07) is 5.05. The highest BCUT2D eigenvalue weighted by atomic mass is 16.5. The van der Waals surface area contributed by atoms with Crippen LogP contribution in [0.2, 0.25) is 0 Å². The lowest BCUT2D eigenvalue weighted by Gasteiger charge is -2.41. The third-order valence-electron chi connectivity index (χ3n) is 3.31. The van der Waals surface area contributed by atoms with Crippen LogP contribution in [0.5, 0.6) is 5.75 Å². The van der Waals surface area contributed by atoms with Gasteiger partial charge in [-0.2, -0.15) is 0 Å². The number of ether oxygens (including phenoxy) is 1. The Balaban J connectivity index is 2.21. The van der Waals surface area contributed by atoms with E-state index in [0.29, 0.717) is 18.7 Å². The minimum absolute atomic E-state index is 0.0201. The van der Waals surface area contributed by atoms with Crippen molar-refractivity contribution in [1.29, 1.82) is 0 Å². The third-order valence-corrected chi connectivity index (χ3v) is 3.31. The van der Waals surface area contributed by atoms with Crippen molar-refractivity contribution in [2.45, 2.75) is 39.4 Å². The molecule has 1 aliphatic heterocycles. The second-order valence-corrected chi connectivity index (χ2v) is 5.88. The first kappa shape index (κ1) is 13.9. The van der Waals surface area contributed by atoms with E-state index in [-0.39, 0.29) is 23.4 Å². The molecule has 1 atom stereocenters. The van der Waals surface area contributed by atoms with Crippen molar-refractivity contribution in [3.63, 3.8) is 0 Å². The molecule has 0 saturated carbocycles. The van der Waals surface area contributed by atoms with E-state index in [4.69, 9.17) is 4.74 Å². The van der Waals surface area contributed by atoms with E-state index in [1.54, 1.807) is 17.0 Å². The smallest absolute Gasteiger partial charge is 0.254 e. The fraction of sp³-hybridized carbons (Fsp3) is 0.533. The van der Waals surface area contributed by atoms with Gasteiger partial charge in [0.2, 0.25) is 0 Å². The fourth-order valence-corrected chi connectivity index (χ4v) is 2.53. The lowest BCUT2D eigenvalue weighted by Crippen LogP contribution is -2.53. The maximum absolute atomic E-state index is 12.5. The maximum atomic E-state index is 12.5. The molecule has 4 nitrogen and oxygen atoms in total. The van der Waals surface area contributed by atoms with Crippen LogP contribution in [0.3, 0.4) is 0 Å². The molecule has 0 aliphatic carbocycles. The SMILES string of the molecule is Cc1ccc(C(=O)N2CC(C)OC(C)(C)C2)cc1O. The van der Waals surface area contributed by atoms with Crippen LogP contribution < -0.4 is 0 Å². The number of benzene rings is 1. The van der Waals surface area contributed by atoms with Crippen molar-refractivity contribution in [1.82, 2.24) is 4.90 Å². The van der Waals surface area contributed by atoms with E-state index in [2.05, 4.69) is 0 Å². The quantitative estimate of drug-likeness (QED) is 0.846. The van der Waals surface area contributed by atoms with E-state index >= 15 is 0 Å². The predicted molar refractivity (Wildman–Crippen MR) is 73.4 cm³/mol. The van der Waals surface area contributed by atoms with Crippen molar-refractivity contribution in [3.05, 3.63) is 29.3 Å². The molecule has 0 bridgehead atoms. The number of phenols is 1. The third kappa shape index (κ3) is 3.07. The van der Waals surface area contributed by atoms with Gasteiger partial charge < -0.3 is 14.7 Å². The second kappa shape index (κ2) is 4.85. The Labute approximate surface area is 114 Å². The summed E-state index contributed by atoms with van der Waals surface area (Å²) in [5, 5.41) is 9.71. The number of nitrogens with zero attached hydrogens (tertiary/aromatic N) is 1. The summed E-state index contributed by atoms with van der Waals surface area (Å²) in [7, 11) is 0. The summed E-state index contributed by atoms with van der Waals surface area (Å²) >= 11 is 0. The van der Waals surface area contributed by atoms with E-state index in [1.807, 2.05) is 27.7 Å². The lowest BCUT2D eigenvalue weighted by molar-refractivity contribution is -0.118. The molecule has 1 fully saturated rings. The standard InChI is InChI=1S/C15H21NO3/c1-10-5-6-12(7-13(10)17)14(18)16-8-11(2)19-15(3,4)9-16/h5-7,11,17H,8-9H2,1-4H3.